The maximum atomic E-state index is 11.1. The van der Waals surface area contributed by atoms with Gasteiger partial charge in [0, 0.05) is 12.1 Å². The Morgan fingerprint density at radius 2 is 2.29 bits per heavy atom. The second-order valence-corrected chi connectivity index (χ2v) is 3.35. The average molecular weight is 192 g/mol. The molecule has 0 radical (unpaired) electrons. The Balaban J connectivity index is 2.33. The van der Waals surface area contributed by atoms with Gasteiger partial charge in [-0.3, -0.25) is 10.0 Å². The molecule has 0 bridgehead atoms. The van der Waals surface area contributed by atoms with Gasteiger partial charge in [-0.05, 0) is 36.2 Å². The van der Waals surface area contributed by atoms with Crippen LogP contribution in [0.4, 0.5) is 0 Å². The van der Waals surface area contributed by atoms with E-state index in [9.17, 15) is 4.79 Å². The molecule has 0 unspecified atom stereocenters. The van der Waals surface area contributed by atoms with Gasteiger partial charge in [0.1, 0.15) is 0 Å². The van der Waals surface area contributed by atoms with Crippen LogP contribution in [0, 0.1) is 0 Å². The summed E-state index contributed by atoms with van der Waals surface area (Å²) in [6.45, 7) is 1.80. The van der Waals surface area contributed by atoms with E-state index in [1.54, 1.807) is 11.5 Å². The van der Waals surface area contributed by atoms with Crippen LogP contribution in [0.25, 0.3) is 0 Å². The summed E-state index contributed by atoms with van der Waals surface area (Å²) in [6, 6.07) is 5.48. The number of nitrogens with one attached hydrogen (secondary N) is 2. The monoisotopic (exact) mass is 192 g/mol. The lowest BCUT2D eigenvalue weighted by Crippen LogP contribution is -2.25. The zero-order valence-corrected chi connectivity index (χ0v) is 7.71. The number of rotatable bonds is 1. The summed E-state index contributed by atoms with van der Waals surface area (Å²) in [7, 11) is 0. The SMILES string of the molecule is O=C(NO)c1ccc2c(c1)CCNC2. The molecule has 3 N–H and O–H groups in total. The van der Waals surface area contributed by atoms with Crippen molar-refractivity contribution >= 4 is 5.91 Å². The highest BCUT2D eigenvalue weighted by atomic mass is 16.5. The van der Waals surface area contributed by atoms with Crippen molar-refractivity contribution in [2.75, 3.05) is 6.54 Å². The van der Waals surface area contributed by atoms with Crippen molar-refractivity contribution in [1.82, 2.24) is 10.8 Å². The first-order valence-electron chi connectivity index (χ1n) is 4.58. The van der Waals surface area contributed by atoms with Gasteiger partial charge < -0.3 is 5.32 Å². The third-order valence-electron chi connectivity index (χ3n) is 2.46. The number of hydrogen-bond acceptors (Lipinski definition) is 3. The van der Waals surface area contributed by atoms with Crippen molar-refractivity contribution in [3.05, 3.63) is 34.9 Å². The number of carbonyl (C=O) groups is 1. The van der Waals surface area contributed by atoms with Crippen molar-refractivity contribution in [2.45, 2.75) is 13.0 Å². The largest absolute Gasteiger partial charge is 0.312 e. The molecule has 74 valence electrons. The molecule has 1 heterocycles. The Morgan fingerprint density at radius 1 is 1.43 bits per heavy atom. The van der Waals surface area contributed by atoms with Gasteiger partial charge in [0.2, 0.25) is 0 Å². The lowest BCUT2D eigenvalue weighted by molar-refractivity contribution is 0.0706. The summed E-state index contributed by atoms with van der Waals surface area (Å²) in [5, 5.41) is 11.7. The Morgan fingerprint density at radius 3 is 3.07 bits per heavy atom. The van der Waals surface area contributed by atoms with Crippen LogP contribution >= 0.6 is 0 Å². The second-order valence-electron chi connectivity index (χ2n) is 3.35. The van der Waals surface area contributed by atoms with Crippen LogP contribution in [-0.4, -0.2) is 17.7 Å². The van der Waals surface area contributed by atoms with Gasteiger partial charge in [0.25, 0.3) is 5.91 Å². The molecule has 0 saturated heterocycles. The van der Waals surface area contributed by atoms with Crippen LogP contribution in [0.15, 0.2) is 18.2 Å². The number of amides is 1. The molecule has 1 aromatic carbocycles. The normalized spacial score (nSPS) is 14.6. The second kappa shape index (κ2) is 3.77. The lowest BCUT2D eigenvalue weighted by atomic mass is 9.98. The van der Waals surface area contributed by atoms with Gasteiger partial charge in [-0.2, -0.15) is 0 Å². The van der Waals surface area contributed by atoms with E-state index in [2.05, 4.69) is 5.32 Å². The molecular weight excluding hydrogens is 180 g/mol. The molecule has 0 fully saturated rings. The fourth-order valence-corrected chi connectivity index (χ4v) is 1.68. The van der Waals surface area contributed by atoms with Gasteiger partial charge in [-0.1, -0.05) is 6.07 Å². The summed E-state index contributed by atoms with van der Waals surface area (Å²) >= 11 is 0. The topological polar surface area (TPSA) is 61.4 Å². The quantitative estimate of drug-likeness (QED) is 0.447. The Hall–Kier alpha value is -1.39. The molecule has 1 amide bonds. The third kappa shape index (κ3) is 1.62. The molecule has 2 rings (SSSR count). The smallest absolute Gasteiger partial charge is 0.274 e. The van der Waals surface area contributed by atoms with Crippen LogP contribution in [0.2, 0.25) is 0 Å². The average Bonchev–Trinajstić information content (AvgIpc) is 2.27. The first-order valence-corrected chi connectivity index (χ1v) is 4.58. The molecule has 0 atom stereocenters. The summed E-state index contributed by atoms with van der Waals surface area (Å²) in [6.07, 6.45) is 0.932. The number of fused-ring (bicyclic) bond motifs is 1. The maximum Gasteiger partial charge on any atom is 0.274 e. The molecule has 0 aliphatic carbocycles. The first kappa shape index (κ1) is 9.18. The minimum atomic E-state index is -0.452. The minimum Gasteiger partial charge on any atom is -0.312 e. The Labute approximate surface area is 81.9 Å². The molecular formula is C10H12N2O2. The molecule has 0 spiro atoms. The summed E-state index contributed by atoms with van der Waals surface area (Å²) in [5.41, 5.74) is 4.55. The number of hydroxylamine groups is 1. The molecule has 4 heteroatoms. The van der Waals surface area contributed by atoms with E-state index >= 15 is 0 Å². The summed E-state index contributed by atoms with van der Waals surface area (Å²) < 4.78 is 0. The molecule has 14 heavy (non-hydrogen) atoms. The molecule has 0 aromatic heterocycles. The predicted octanol–water partition coefficient (Wildman–Crippen LogP) is 0.451. The zero-order chi connectivity index (χ0) is 9.97. The van der Waals surface area contributed by atoms with E-state index < -0.39 is 5.91 Å². The van der Waals surface area contributed by atoms with E-state index in [4.69, 9.17) is 5.21 Å². The molecule has 1 aliphatic heterocycles. The standard InChI is InChI=1S/C10H12N2O2/c13-10(12-14)8-1-2-9-6-11-4-3-7(9)5-8/h1-2,5,11,14H,3-4,6H2,(H,12,13). The number of carbonyl (C=O) groups excluding carboxylic acids is 1. The highest BCUT2D eigenvalue weighted by molar-refractivity contribution is 5.93. The zero-order valence-electron chi connectivity index (χ0n) is 7.71. The molecule has 4 nitrogen and oxygen atoms in total. The van der Waals surface area contributed by atoms with Crippen molar-refractivity contribution in [1.29, 1.82) is 0 Å². The summed E-state index contributed by atoms with van der Waals surface area (Å²) in [5.74, 6) is -0.452. The molecule has 1 aliphatic rings. The van der Waals surface area contributed by atoms with Crippen LogP contribution in [-0.2, 0) is 13.0 Å². The van der Waals surface area contributed by atoms with Crippen molar-refractivity contribution in [3.8, 4) is 0 Å². The maximum absolute atomic E-state index is 11.1. The van der Waals surface area contributed by atoms with Crippen molar-refractivity contribution in [2.24, 2.45) is 0 Å². The van der Waals surface area contributed by atoms with Gasteiger partial charge >= 0.3 is 0 Å². The molecule has 0 saturated carbocycles. The van der Waals surface area contributed by atoms with Crippen LogP contribution in [0.3, 0.4) is 0 Å². The van der Waals surface area contributed by atoms with E-state index in [1.165, 1.54) is 11.1 Å². The summed E-state index contributed by atoms with van der Waals surface area (Å²) in [4.78, 5) is 11.1. The first-order chi connectivity index (χ1) is 6.81. The fourth-order valence-electron chi connectivity index (χ4n) is 1.68. The van der Waals surface area contributed by atoms with Crippen molar-refractivity contribution < 1.29 is 10.0 Å². The van der Waals surface area contributed by atoms with Gasteiger partial charge in [-0.25, -0.2) is 5.48 Å². The lowest BCUT2D eigenvalue weighted by Gasteiger charge is -2.17. The van der Waals surface area contributed by atoms with E-state index in [0.717, 1.165) is 19.5 Å². The fraction of sp³-hybridized carbons (Fsp3) is 0.300. The van der Waals surface area contributed by atoms with Gasteiger partial charge in [-0.15, -0.1) is 0 Å². The van der Waals surface area contributed by atoms with Crippen LogP contribution in [0.5, 0.6) is 0 Å². The van der Waals surface area contributed by atoms with Crippen molar-refractivity contribution in [3.63, 3.8) is 0 Å². The minimum absolute atomic E-state index is 0.452. The highest BCUT2D eigenvalue weighted by Gasteiger charge is 2.11. The molecule has 1 aromatic rings. The third-order valence-corrected chi connectivity index (χ3v) is 2.46. The number of benzene rings is 1. The Kier molecular flexibility index (Phi) is 2.47. The van der Waals surface area contributed by atoms with Crippen LogP contribution < -0.4 is 10.8 Å². The van der Waals surface area contributed by atoms with Crippen LogP contribution in [0.1, 0.15) is 21.5 Å². The van der Waals surface area contributed by atoms with E-state index in [0.29, 0.717) is 5.56 Å². The number of hydrogen-bond donors (Lipinski definition) is 3. The Bertz CT molecular complexity index is 363. The highest BCUT2D eigenvalue weighted by Crippen LogP contribution is 2.15. The van der Waals surface area contributed by atoms with E-state index in [1.807, 2.05) is 12.1 Å². The predicted molar refractivity (Wildman–Crippen MR) is 51.1 cm³/mol. The van der Waals surface area contributed by atoms with Gasteiger partial charge in [0.05, 0.1) is 0 Å². The van der Waals surface area contributed by atoms with Gasteiger partial charge in [0.15, 0.2) is 0 Å². The van der Waals surface area contributed by atoms with E-state index in [-0.39, 0.29) is 0 Å².